The van der Waals surface area contributed by atoms with E-state index in [2.05, 4.69) is 22.8 Å². The van der Waals surface area contributed by atoms with Gasteiger partial charge < -0.3 is 20.1 Å². The van der Waals surface area contributed by atoms with E-state index >= 15 is 0 Å². The molecule has 0 bridgehead atoms. The zero-order valence-electron chi connectivity index (χ0n) is 12.8. The van der Waals surface area contributed by atoms with Gasteiger partial charge in [-0.2, -0.15) is 0 Å². The lowest BCUT2D eigenvalue weighted by atomic mass is 10.2. The fraction of sp³-hybridized carbons (Fsp3) is 0.562. The van der Waals surface area contributed by atoms with Crippen molar-refractivity contribution < 1.29 is 14.3 Å². The normalized spacial score (nSPS) is 17.5. The highest BCUT2D eigenvalue weighted by Gasteiger charge is 2.20. The Morgan fingerprint density at radius 1 is 1.32 bits per heavy atom. The largest absolute Gasteiger partial charge is 0.378 e. The smallest absolute Gasteiger partial charge is 0.239 e. The van der Waals surface area contributed by atoms with Crippen LogP contribution in [0.1, 0.15) is 18.4 Å². The van der Waals surface area contributed by atoms with E-state index in [0.717, 1.165) is 26.0 Å². The van der Waals surface area contributed by atoms with Crippen molar-refractivity contribution in [2.45, 2.75) is 25.5 Å². The molecule has 0 aromatic heterocycles. The standard InChI is InChI=1S/C16H24N2O3.ClH/c19-16(15-13-21-11-9-17-15)18-8-4-5-10-20-12-14-6-2-1-3-7-14;/h1-3,6-7,15,17H,4-5,8-13H2,(H,18,19);1H. The summed E-state index contributed by atoms with van der Waals surface area (Å²) in [5.74, 6) is 0.0277. The van der Waals surface area contributed by atoms with Gasteiger partial charge >= 0.3 is 0 Å². The van der Waals surface area contributed by atoms with Crippen molar-refractivity contribution in [1.29, 1.82) is 0 Å². The molecule has 2 rings (SSSR count). The number of hydrogen-bond donors (Lipinski definition) is 2. The third kappa shape index (κ3) is 7.22. The average Bonchev–Trinajstić information content (AvgIpc) is 2.55. The van der Waals surface area contributed by atoms with E-state index in [1.165, 1.54) is 5.56 Å². The lowest BCUT2D eigenvalue weighted by Gasteiger charge is -2.22. The predicted octanol–water partition coefficient (Wildman–Crippen LogP) is 1.51. The molecule has 22 heavy (non-hydrogen) atoms. The van der Waals surface area contributed by atoms with Gasteiger partial charge in [-0.3, -0.25) is 4.79 Å². The second-order valence-corrected chi connectivity index (χ2v) is 5.12. The monoisotopic (exact) mass is 328 g/mol. The van der Waals surface area contributed by atoms with Crippen molar-refractivity contribution in [1.82, 2.24) is 10.6 Å². The number of nitrogens with one attached hydrogen (secondary N) is 2. The predicted molar refractivity (Wildman–Crippen MR) is 88.2 cm³/mol. The van der Waals surface area contributed by atoms with Crippen LogP contribution in [0.3, 0.4) is 0 Å². The summed E-state index contributed by atoms with van der Waals surface area (Å²) in [6, 6.07) is 9.93. The first-order valence-electron chi connectivity index (χ1n) is 7.57. The molecule has 0 radical (unpaired) electrons. The zero-order valence-corrected chi connectivity index (χ0v) is 13.6. The van der Waals surface area contributed by atoms with Crippen LogP contribution < -0.4 is 10.6 Å². The molecule has 0 saturated carbocycles. The Balaban J connectivity index is 0.00000242. The number of halogens is 1. The van der Waals surface area contributed by atoms with Crippen LogP contribution in [-0.4, -0.2) is 44.9 Å². The minimum Gasteiger partial charge on any atom is -0.378 e. The second-order valence-electron chi connectivity index (χ2n) is 5.12. The maximum Gasteiger partial charge on any atom is 0.239 e. The van der Waals surface area contributed by atoms with Crippen molar-refractivity contribution in [2.75, 3.05) is 32.9 Å². The summed E-state index contributed by atoms with van der Waals surface area (Å²) in [6.07, 6.45) is 1.87. The van der Waals surface area contributed by atoms with E-state index in [1.807, 2.05) is 18.2 Å². The summed E-state index contributed by atoms with van der Waals surface area (Å²) < 4.78 is 10.9. The van der Waals surface area contributed by atoms with E-state index in [9.17, 15) is 4.79 Å². The molecule has 1 fully saturated rings. The van der Waals surface area contributed by atoms with Gasteiger partial charge in [0.15, 0.2) is 0 Å². The first-order chi connectivity index (χ1) is 10.4. The van der Waals surface area contributed by atoms with Crippen LogP contribution in [0.25, 0.3) is 0 Å². The molecule has 1 atom stereocenters. The van der Waals surface area contributed by atoms with Crippen LogP contribution in [0, 0.1) is 0 Å². The highest BCUT2D eigenvalue weighted by atomic mass is 35.5. The van der Waals surface area contributed by atoms with Crippen molar-refractivity contribution in [2.24, 2.45) is 0 Å². The average molecular weight is 329 g/mol. The molecule has 0 spiro atoms. The summed E-state index contributed by atoms with van der Waals surface area (Å²) >= 11 is 0. The van der Waals surface area contributed by atoms with Gasteiger partial charge in [-0.25, -0.2) is 0 Å². The molecule has 5 nitrogen and oxygen atoms in total. The number of carbonyl (C=O) groups is 1. The first kappa shape index (κ1) is 18.9. The Hall–Kier alpha value is -1.14. The molecule has 2 N–H and O–H groups in total. The summed E-state index contributed by atoms with van der Waals surface area (Å²) in [4.78, 5) is 11.8. The van der Waals surface area contributed by atoms with Crippen molar-refractivity contribution >= 4 is 18.3 Å². The minimum atomic E-state index is -0.201. The molecule has 124 valence electrons. The van der Waals surface area contributed by atoms with E-state index in [0.29, 0.717) is 26.4 Å². The Morgan fingerprint density at radius 2 is 2.14 bits per heavy atom. The Bertz CT molecular complexity index is 411. The van der Waals surface area contributed by atoms with Crippen LogP contribution in [0.4, 0.5) is 0 Å². The fourth-order valence-corrected chi connectivity index (χ4v) is 2.16. The Labute approximate surface area is 138 Å². The Morgan fingerprint density at radius 3 is 2.86 bits per heavy atom. The first-order valence-corrected chi connectivity index (χ1v) is 7.57. The molecule has 1 unspecified atom stereocenters. The summed E-state index contributed by atoms with van der Waals surface area (Å²) in [6.45, 7) is 3.94. The van der Waals surface area contributed by atoms with Crippen molar-refractivity contribution in [3.8, 4) is 0 Å². The number of amides is 1. The molecule has 6 heteroatoms. The van der Waals surface area contributed by atoms with Gasteiger partial charge in [0.1, 0.15) is 6.04 Å². The lowest BCUT2D eigenvalue weighted by molar-refractivity contribution is -0.125. The van der Waals surface area contributed by atoms with Gasteiger partial charge in [-0.15, -0.1) is 12.4 Å². The molecule has 1 heterocycles. The van der Waals surface area contributed by atoms with Crippen molar-refractivity contribution in [3.63, 3.8) is 0 Å². The molecular formula is C16H25ClN2O3. The second kappa shape index (κ2) is 11.4. The number of hydrogen-bond acceptors (Lipinski definition) is 4. The molecular weight excluding hydrogens is 304 g/mol. The molecule has 1 aliphatic rings. The number of unbranched alkanes of at least 4 members (excludes halogenated alkanes) is 1. The zero-order chi connectivity index (χ0) is 14.8. The molecule has 1 saturated heterocycles. The van der Waals surface area contributed by atoms with Gasteiger partial charge in [0.25, 0.3) is 0 Å². The topological polar surface area (TPSA) is 59.6 Å². The third-order valence-electron chi connectivity index (χ3n) is 3.36. The fourth-order valence-electron chi connectivity index (χ4n) is 2.16. The molecule has 1 amide bonds. The summed E-state index contributed by atoms with van der Waals surface area (Å²) in [7, 11) is 0. The highest BCUT2D eigenvalue weighted by Crippen LogP contribution is 2.01. The maximum absolute atomic E-state index is 11.8. The van der Waals surface area contributed by atoms with Gasteiger partial charge in [-0.1, -0.05) is 30.3 Å². The number of morpholine rings is 1. The number of carbonyl (C=O) groups excluding carboxylic acids is 1. The summed E-state index contributed by atoms with van der Waals surface area (Å²) in [5.41, 5.74) is 1.19. The van der Waals surface area contributed by atoms with Crippen LogP contribution in [0.15, 0.2) is 30.3 Å². The van der Waals surface area contributed by atoms with Gasteiger partial charge in [0, 0.05) is 19.7 Å². The van der Waals surface area contributed by atoms with Crippen molar-refractivity contribution in [3.05, 3.63) is 35.9 Å². The molecule has 0 aliphatic carbocycles. The quantitative estimate of drug-likeness (QED) is 0.710. The number of benzene rings is 1. The third-order valence-corrected chi connectivity index (χ3v) is 3.36. The SMILES string of the molecule is Cl.O=C(NCCCCOCc1ccccc1)C1COCCN1. The van der Waals surface area contributed by atoms with Crippen LogP contribution in [0.5, 0.6) is 0 Å². The van der Waals surface area contributed by atoms with Gasteiger partial charge in [0.05, 0.1) is 19.8 Å². The summed E-state index contributed by atoms with van der Waals surface area (Å²) in [5, 5.41) is 6.06. The Kier molecular flexibility index (Phi) is 9.82. The molecule has 1 aromatic rings. The van der Waals surface area contributed by atoms with Crippen LogP contribution in [0.2, 0.25) is 0 Å². The van der Waals surface area contributed by atoms with E-state index in [4.69, 9.17) is 9.47 Å². The van der Waals surface area contributed by atoms with Gasteiger partial charge in [0.2, 0.25) is 5.91 Å². The molecule has 1 aromatic carbocycles. The lowest BCUT2D eigenvalue weighted by Crippen LogP contribution is -2.51. The highest BCUT2D eigenvalue weighted by molar-refractivity contribution is 5.85. The molecule has 1 aliphatic heterocycles. The maximum atomic E-state index is 11.8. The van der Waals surface area contributed by atoms with E-state index in [1.54, 1.807) is 0 Å². The number of rotatable bonds is 8. The van der Waals surface area contributed by atoms with Crippen LogP contribution in [-0.2, 0) is 20.9 Å². The van der Waals surface area contributed by atoms with Gasteiger partial charge in [-0.05, 0) is 18.4 Å². The van der Waals surface area contributed by atoms with Crippen LogP contribution >= 0.6 is 12.4 Å². The van der Waals surface area contributed by atoms with E-state index in [-0.39, 0.29) is 24.4 Å². The minimum absolute atomic E-state index is 0. The number of ether oxygens (including phenoxy) is 2. The van der Waals surface area contributed by atoms with E-state index < -0.39 is 0 Å².